The third kappa shape index (κ3) is 1.06. The van der Waals surface area contributed by atoms with Crippen LogP contribution in [0, 0.1) is 11.3 Å². The molecular formula is C10H8N2. The van der Waals surface area contributed by atoms with Crippen LogP contribution >= 0.6 is 0 Å². The summed E-state index contributed by atoms with van der Waals surface area (Å²) < 4.78 is 0. The SMILES string of the molecule is N#CC1=CNc2ccccc2C1. The van der Waals surface area contributed by atoms with Crippen molar-refractivity contribution in [1.82, 2.24) is 0 Å². The Bertz CT molecular complexity index is 372. The fraction of sp³-hybridized carbons (Fsp3) is 0.100. The second kappa shape index (κ2) is 2.71. The van der Waals surface area contributed by atoms with Gasteiger partial charge in [-0.25, -0.2) is 0 Å². The molecule has 1 aromatic rings. The number of hydrogen-bond donors (Lipinski definition) is 1. The first kappa shape index (κ1) is 6.93. The molecule has 12 heavy (non-hydrogen) atoms. The monoisotopic (exact) mass is 156 g/mol. The second-order valence-electron chi connectivity index (χ2n) is 2.76. The van der Waals surface area contributed by atoms with Gasteiger partial charge in [0.05, 0.1) is 6.07 Å². The molecule has 0 bridgehead atoms. The first-order chi connectivity index (χ1) is 5.90. The normalized spacial score (nSPS) is 13.8. The van der Waals surface area contributed by atoms with Gasteiger partial charge in [-0.2, -0.15) is 5.26 Å². The molecule has 0 saturated carbocycles. The van der Waals surface area contributed by atoms with Gasteiger partial charge in [0.1, 0.15) is 0 Å². The molecule has 1 aliphatic heterocycles. The molecule has 0 aromatic heterocycles. The summed E-state index contributed by atoms with van der Waals surface area (Å²) in [7, 11) is 0. The van der Waals surface area contributed by atoms with E-state index < -0.39 is 0 Å². The number of hydrogen-bond acceptors (Lipinski definition) is 2. The summed E-state index contributed by atoms with van der Waals surface area (Å²) in [6.45, 7) is 0. The van der Waals surface area contributed by atoms with Crippen molar-refractivity contribution in [3.63, 3.8) is 0 Å². The molecule has 0 radical (unpaired) electrons. The Kier molecular flexibility index (Phi) is 1.56. The van der Waals surface area contributed by atoms with Crippen molar-refractivity contribution in [3.8, 4) is 6.07 Å². The van der Waals surface area contributed by atoms with Crippen molar-refractivity contribution in [2.24, 2.45) is 0 Å². The Morgan fingerprint density at radius 3 is 3.00 bits per heavy atom. The molecule has 0 atom stereocenters. The lowest BCUT2D eigenvalue weighted by molar-refractivity contribution is 1.16. The number of allylic oxidation sites excluding steroid dienone is 1. The van der Waals surface area contributed by atoms with E-state index in [1.54, 1.807) is 6.20 Å². The molecule has 1 heterocycles. The molecule has 2 nitrogen and oxygen atoms in total. The number of rotatable bonds is 0. The molecule has 0 saturated heterocycles. The molecule has 2 heteroatoms. The molecule has 0 aliphatic carbocycles. The van der Waals surface area contributed by atoms with E-state index in [1.807, 2.05) is 24.3 Å². The average Bonchev–Trinajstić information content (AvgIpc) is 2.17. The largest absolute Gasteiger partial charge is 0.360 e. The van der Waals surface area contributed by atoms with Crippen molar-refractivity contribution in [2.75, 3.05) is 5.32 Å². The smallest absolute Gasteiger partial charge is 0.0965 e. The topological polar surface area (TPSA) is 35.8 Å². The van der Waals surface area contributed by atoms with Gasteiger partial charge in [-0.15, -0.1) is 0 Å². The van der Waals surface area contributed by atoms with Crippen LogP contribution in [0.5, 0.6) is 0 Å². The van der Waals surface area contributed by atoms with Crippen molar-refractivity contribution >= 4 is 5.69 Å². The van der Waals surface area contributed by atoms with E-state index in [-0.39, 0.29) is 0 Å². The average molecular weight is 156 g/mol. The minimum absolute atomic E-state index is 0.750. The van der Waals surface area contributed by atoms with E-state index in [4.69, 9.17) is 5.26 Å². The number of anilines is 1. The van der Waals surface area contributed by atoms with Gasteiger partial charge in [0.15, 0.2) is 0 Å². The van der Waals surface area contributed by atoms with Crippen molar-refractivity contribution in [2.45, 2.75) is 6.42 Å². The summed E-state index contributed by atoms with van der Waals surface area (Å²) in [4.78, 5) is 0. The van der Waals surface area contributed by atoms with Gasteiger partial charge in [0.2, 0.25) is 0 Å². The van der Waals surface area contributed by atoms with Gasteiger partial charge >= 0.3 is 0 Å². The quantitative estimate of drug-likeness (QED) is 0.624. The molecular weight excluding hydrogens is 148 g/mol. The highest BCUT2D eigenvalue weighted by Crippen LogP contribution is 2.22. The van der Waals surface area contributed by atoms with Gasteiger partial charge in [0, 0.05) is 23.9 Å². The Morgan fingerprint density at radius 1 is 1.33 bits per heavy atom. The first-order valence-corrected chi connectivity index (χ1v) is 3.84. The fourth-order valence-corrected chi connectivity index (χ4v) is 1.31. The predicted molar refractivity (Wildman–Crippen MR) is 47.5 cm³/mol. The summed E-state index contributed by atoms with van der Waals surface area (Å²) >= 11 is 0. The highest BCUT2D eigenvalue weighted by Gasteiger charge is 2.08. The van der Waals surface area contributed by atoms with Gasteiger partial charge in [-0.05, 0) is 11.6 Å². The van der Waals surface area contributed by atoms with E-state index in [0.717, 1.165) is 17.7 Å². The summed E-state index contributed by atoms with van der Waals surface area (Å²) in [5, 5.41) is 11.7. The van der Waals surface area contributed by atoms with E-state index in [2.05, 4.69) is 11.4 Å². The number of para-hydroxylation sites is 1. The molecule has 0 amide bonds. The molecule has 1 N–H and O–H groups in total. The summed E-state index contributed by atoms with van der Waals surface area (Å²) in [5.74, 6) is 0. The summed E-state index contributed by atoms with van der Waals surface area (Å²) in [6, 6.07) is 10.2. The summed E-state index contributed by atoms with van der Waals surface area (Å²) in [6.07, 6.45) is 2.52. The van der Waals surface area contributed by atoms with Crippen LogP contribution in [0.4, 0.5) is 5.69 Å². The number of nitrogens with zero attached hydrogens (tertiary/aromatic N) is 1. The molecule has 0 spiro atoms. The minimum atomic E-state index is 0.750. The van der Waals surface area contributed by atoms with Crippen LogP contribution in [0.2, 0.25) is 0 Å². The zero-order valence-corrected chi connectivity index (χ0v) is 6.54. The third-order valence-corrected chi connectivity index (χ3v) is 1.94. The molecule has 1 aliphatic rings. The lowest BCUT2D eigenvalue weighted by Crippen LogP contribution is -2.03. The number of nitriles is 1. The summed E-state index contributed by atoms with van der Waals surface area (Å²) in [5.41, 5.74) is 3.08. The Morgan fingerprint density at radius 2 is 2.17 bits per heavy atom. The zero-order valence-electron chi connectivity index (χ0n) is 6.54. The van der Waals surface area contributed by atoms with E-state index >= 15 is 0 Å². The van der Waals surface area contributed by atoms with Crippen LogP contribution in [-0.2, 0) is 6.42 Å². The zero-order chi connectivity index (χ0) is 8.39. The van der Waals surface area contributed by atoms with Crippen LogP contribution in [-0.4, -0.2) is 0 Å². The van der Waals surface area contributed by atoms with Crippen LogP contribution < -0.4 is 5.32 Å². The van der Waals surface area contributed by atoms with E-state index in [1.165, 1.54) is 5.56 Å². The Balaban J connectivity index is 2.38. The third-order valence-electron chi connectivity index (χ3n) is 1.94. The van der Waals surface area contributed by atoms with E-state index in [9.17, 15) is 0 Å². The maximum absolute atomic E-state index is 8.66. The number of nitrogens with one attached hydrogen (secondary N) is 1. The van der Waals surface area contributed by atoms with Crippen molar-refractivity contribution in [1.29, 1.82) is 5.26 Å². The lowest BCUT2D eigenvalue weighted by Gasteiger charge is -2.13. The Labute approximate surface area is 71.1 Å². The van der Waals surface area contributed by atoms with Crippen LogP contribution in [0.15, 0.2) is 36.0 Å². The Hall–Kier alpha value is -1.75. The molecule has 0 unspecified atom stereocenters. The second-order valence-corrected chi connectivity index (χ2v) is 2.76. The highest BCUT2D eigenvalue weighted by molar-refractivity contribution is 5.59. The van der Waals surface area contributed by atoms with Crippen molar-refractivity contribution < 1.29 is 0 Å². The lowest BCUT2D eigenvalue weighted by atomic mass is 10.0. The fourth-order valence-electron chi connectivity index (χ4n) is 1.31. The number of benzene rings is 1. The molecule has 58 valence electrons. The minimum Gasteiger partial charge on any atom is -0.360 e. The molecule has 2 rings (SSSR count). The number of fused-ring (bicyclic) bond motifs is 1. The van der Waals surface area contributed by atoms with Gasteiger partial charge in [-0.1, -0.05) is 18.2 Å². The van der Waals surface area contributed by atoms with Gasteiger partial charge < -0.3 is 5.32 Å². The van der Waals surface area contributed by atoms with Gasteiger partial charge in [0.25, 0.3) is 0 Å². The predicted octanol–water partition coefficient (Wildman–Crippen LogP) is 2.06. The molecule has 1 aromatic carbocycles. The van der Waals surface area contributed by atoms with Crippen LogP contribution in [0.1, 0.15) is 5.56 Å². The van der Waals surface area contributed by atoms with E-state index in [0.29, 0.717) is 0 Å². The highest BCUT2D eigenvalue weighted by atomic mass is 14.9. The van der Waals surface area contributed by atoms with Gasteiger partial charge in [-0.3, -0.25) is 0 Å². The maximum atomic E-state index is 8.66. The maximum Gasteiger partial charge on any atom is 0.0965 e. The van der Waals surface area contributed by atoms with Crippen LogP contribution in [0.3, 0.4) is 0 Å². The standard InChI is InChI=1S/C10H8N2/c11-6-8-5-9-3-1-2-4-10(9)12-7-8/h1-4,7,12H,5H2. The van der Waals surface area contributed by atoms with Crippen LogP contribution in [0.25, 0.3) is 0 Å². The first-order valence-electron chi connectivity index (χ1n) is 3.84. The molecule has 0 fully saturated rings. The van der Waals surface area contributed by atoms with Crippen molar-refractivity contribution in [3.05, 3.63) is 41.6 Å².